The zero-order valence-corrected chi connectivity index (χ0v) is 9.40. The van der Waals surface area contributed by atoms with E-state index in [0.29, 0.717) is 12.6 Å². The number of rotatable bonds is 5. The summed E-state index contributed by atoms with van der Waals surface area (Å²) in [6.07, 6.45) is 3.73. The Morgan fingerprint density at radius 2 is 2.25 bits per heavy atom. The van der Waals surface area contributed by atoms with Crippen LogP contribution in [0.3, 0.4) is 0 Å². The molecule has 1 saturated carbocycles. The summed E-state index contributed by atoms with van der Waals surface area (Å²) in [5, 5.41) is 8.77. The van der Waals surface area contributed by atoms with Crippen LogP contribution in [-0.4, -0.2) is 18.4 Å². The van der Waals surface area contributed by atoms with Crippen molar-refractivity contribution in [1.29, 1.82) is 0 Å². The summed E-state index contributed by atoms with van der Waals surface area (Å²) in [5.41, 5.74) is 3.06. The van der Waals surface area contributed by atoms with Crippen LogP contribution in [0.25, 0.3) is 0 Å². The van der Waals surface area contributed by atoms with Gasteiger partial charge in [-0.2, -0.15) is 0 Å². The Morgan fingerprint density at radius 3 is 2.81 bits per heavy atom. The van der Waals surface area contributed by atoms with E-state index in [4.69, 9.17) is 14.7 Å². The van der Waals surface area contributed by atoms with E-state index in [1.165, 1.54) is 6.42 Å². The summed E-state index contributed by atoms with van der Waals surface area (Å²) in [4.78, 5) is 0. The van der Waals surface area contributed by atoms with Crippen LogP contribution in [0, 0.1) is 0 Å². The molecule has 0 unspecified atom stereocenters. The molecule has 1 aliphatic rings. The number of hydroxylamine groups is 1. The molecule has 4 nitrogen and oxygen atoms in total. The highest BCUT2D eigenvalue weighted by Gasteiger charge is 2.22. The number of hydrogen-bond acceptors (Lipinski definition) is 4. The van der Waals surface area contributed by atoms with Crippen LogP contribution < -0.4 is 15.0 Å². The van der Waals surface area contributed by atoms with Gasteiger partial charge >= 0.3 is 0 Å². The molecule has 0 amide bonds. The second-order valence-corrected chi connectivity index (χ2v) is 3.95. The summed E-state index contributed by atoms with van der Waals surface area (Å²) >= 11 is 0. The highest BCUT2D eigenvalue weighted by molar-refractivity contribution is 5.46. The lowest BCUT2D eigenvalue weighted by molar-refractivity contribution is 0.111. The zero-order valence-electron chi connectivity index (χ0n) is 9.40. The Kier molecular flexibility index (Phi) is 3.64. The SMILES string of the molecule is COc1cccc(CNO)c1OC1CCC1. The van der Waals surface area contributed by atoms with Gasteiger partial charge in [0.15, 0.2) is 11.5 Å². The van der Waals surface area contributed by atoms with Gasteiger partial charge in [0.05, 0.1) is 13.2 Å². The van der Waals surface area contributed by atoms with E-state index < -0.39 is 0 Å². The van der Waals surface area contributed by atoms with Crippen LogP contribution in [0.1, 0.15) is 24.8 Å². The Balaban J connectivity index is 2.21. The van der Waals surface area contributed by atoms with Gasteiger partial charge in [0, 0.05) is 12.1 Å². The third-order valence-electron chi connectivity index (χ3n) is 2.89. The van der Waals surface area contributed by atoms with Crippen LogP contribution in [0.15, 0.2) is 18.2 Å². The van der Waals surface area contributed by atoms with Gasteiger partial charge in [0.1, 0.15) is 0 Å². The minimum absolute atomic E-state index is 0.300. The molecule has 88 valence electrons. The molecule has 2 N–H and O–H groups in total. The first-order valence-electron chi connectivity index (χ1n) is 5.54. The Bertz CT molecular complexity index is 350. The van der Waals surface area contributed by atoms with Gasteiger partial charge in [-0.05, 0) is 25.3 Å². The molecule has 0 spiro atoms. The third kappa shape index (κ3) is 2.28. The zero-order chi connectivity index (χ0) is 11.4. The molecule has 0 bridgehead atoms. The van der Waals surface area contributed by atoms with Gasteiger partial charge in [-0.25, -0.2) is 5.48 Å². The maximum absolute atomic E-state index is 8.77. The fourth-order valence-corrected chi connectivity index (χ4v) is 1.74. The summed E-state index contributed by atoms with van der Waals surface area (Å²) < 4.78 is 11.1. The number of hydrogen-bond donors (Lipinski definition) is 2. The van der Waals surface area contributed by atoms with E-state index in [1.54, 1.807) is 7.11 Å². The lowest BCUT2D eigenvalue weighted by Crippen LogP contribution is -2.25. The van der Waals surface area contributed by atoms with Gasteiger partial charge in [0.25, 0.3) is 0 Å². The van der Waals surface area contributed by atoms with E-state index in [1.807, 2.05) is 18.2 Å². The van der Waals surface area contributed by atoms with Crippen LogP contribution in [0.5, 0.6) is 11.5 Å². The highest BCUT2D eigenvalue weighted by Crippen LogP contribution is 2.35. The molecule has 1 aliphatic carbocycles. The molecular formula is C12H17NO3. The first-order chi connectivity index (χ1) is 7.85. The Hall–Kier alpha value is -1.26. The van der Waals surface area contributed by atoms with E-state index in [-0.39, 0.29) is 0 Å². The maximum atomic E-state index is 8.77. The van der Waals surface area contributed by atoms with Crippen molar-refractivity contribution in [3.63, 3.8) is 0 Å². The van der Waals surface area contributed by atoms with Crippen molar-refractivity contribution < 1.29 is 14.7 Å². The summed E-state index contributed by atoms with van der Waals surface area (Å²) in [6.45, 7) is 0.360. The van der Waals surface area contributed by atoms with Crippen molar-refractivity contribution in [3.05, 3.63) is 23.8 Å². The highest BCUT2D eigenvalue weighted by atomic mass is 16.5. The molecule has 0 atom stereocenters. The van der Waals surface area contributed by atoms with Crippen LogP contribution in [-0.2, 0) is 6.54 Å². The fourth-order valence-electron chi connectivity index (χ4n) is 1.74. The molecule has 0 aromatic heterocycles. The van der Waals surface area contributed by atoms with Crippen LogP contribution in [0.2, 0.25) is 0 Å². The molecule has 2 rings (SSSR count). The van der Waals surface area contributed by atoms with Crippen molar-refractivity contribution in [2.45, 2.75) is 31.9 Å². The van der Waals surface area contributed by atoms with Crippen molar-refractivity contribution in [2.24, 2.45) is 0 Å². The van der Waals surface area contributed by atoms with E-state index in [9.17, 15) is 0 Å². The lowest BCUT2D eigenvalue weighted by Gasteiger charge is -2.28. The second-order valence-electron chi connectivity index (χ2n) is 3.95. The standard InChI is InChI=1S/C12H17NO3/c1-15-11-7-2-4-9(8-13-14)12(11)16-10-5-3-6-10/h2,4,7,10,13-14H,3,5-6,8H2,1H3. The third-order valence-corrected chi connectivity index (χ3v) is 2.89. The normalized spacial score (nSPS) is 15.6. The molecule has 1 aromatic carbocycles. The molecule has 1 aromatic rings. The molecule has 0 heterocycles. The molecule has 0 radical (unpaired) electrons. The van der Waals surface area contributed by atoms with Gasteiger partial charge in [0.2, 0.25) is 0 Å². The fraction of sp³-hybridized carbons (Fsp3) is 0.500. The number of para-hydroxylation sites is 1. The Morgan fingerprint density at radius 1 is 1.44 bits per heavy atom. The molecule has 0 saturated heterocycles. The van der Waals surface area contributed by atoms with E-state index in [2.05, 4.69) is 5.48 Å². The number of methoxy groups -OCH3 is 1. The Labute approximate surface area is 95.1 Å². The summed E-state index contributed by atoms with van der Waals surface area (Å²) in [6, 6.07) is 5.67. The average molecular weight is 223 g/mol. The minimum Gasteiger partial charge on any atom is -0.493 e. The average Bonchev–Trinajstić information content (AvgIpc) is 2.25. The molecule has 1 fully saturated rings. The van der Waals surface area contributed by atoms with Gasteiger partial charge in [-0.3, -0.25) is 0 Å². The summed E-state index contributed by atoms with van der Waals surface area (Å²) in [7, 11) is 1.62. The van der Waals surface area contributed by atoms with Gasteiger partial charge in [-0.1, -0.05) is 12.1 Å². The van der Waals surface area contributed by atoms with Crippen molar-refractivity contribution >= 4 is 0 Å². The van der Waals surface area contributed by atoms with Crippen LogP contribution >= 0.6 is 0 Å². The smallest absolute Gasteiger partial charge is 0.166 e. The van der Waals surface area contributed by atoms with Crippen molar-refractivity contribution in [2.75, 3.05) is 7.11 Å². The molecule has 16 heavy (non-hydrogen) atoms. The van der Waals surface area contributed by atoms with E-state index >= 15 is 0 Å². The molecule has 0 aliphatic heterocycles. The van der Waals surface area contributed by atoms with Gasteiger partial charge < -0.3 is 14.7 Å². The van der Waals surface area contributed by atoms with Gasteiger partial charge in [-0.15, -0.1) is 0 Å². The number of ether oxygens (including phenoxy) is 2. The van der Waals surface area contributed by atoms with E-state index in [0.717, 1.165) is 29.9 Å². The lowest BCUT2D eigenvalue weighted by atomic mass is 9.96. The largest absolute Gasteiger partial charge is 0.493 e. The maximum Gasteiger partial charge on any atom is 0.166 e. The quantitative estimate of drug-likeness (QED) is 0.751. The predicted octanol–water partition coefficient (Wildman–Crippen LogP) is 2.11. The molecular weight excluding hydrogens is 206 g/mol. The monoisotopic (exact) mass is 223 g/mol. The topological polar surface area (TPSA) is 50.7 Å². The first-order valence-corrected chi connectivity index (χ1v) is 5.54. The summed E-state index contributed by atoms with van der Waals surface area (Å²) in [5.74, 6) is 1.47. The number of nitrogens with one attached hydrogen (secondary N) is 1. The van der Waals surface area contributed by atoms with Crippen molar-refractivity contribution in [1.82, 2.24) is 5.48 Å². The van der Waals surface area contributed by atoms with Crippen molar-refractivity contribution in [3.8, 4) is 11.5 Å². The minimum atomic E-state index is 0.300. The second kappa shape index (κ2) is 5.18. The predicted molar refractivity (Wildman–Crippen MR) is 59.9 cm³/mol. The first kappa shape index (κ1) is 11.2. The van der Waals surface area contributed by atoms with Crippen LogP contribution in [0.4, 0.5) is 0 Å². The number of benzene rings is 1. The molecule has 4 heteroatoms.